The van der Waals surface area contributed by atoms with E-state index in [0.29, 0.717) is 22.0 Å². The molecule has 0 spiro atoms. The van der Waals surface area contributed by atoms with Gasteiger partial charge in [0.1, 0.15) is 11.9 Å². The minimum Gasteiger partial charge on any atom is -0.354 e. The monoisotopic (exact) mass is 280 g/mol. The fraction of sp³-hybridized carbons (Fsp3) is 0. The maximum absolute atomic E-state index is 13.0. The number of anilines is 2. The molecule has 0 aliphatic heterocycles. The van der Waals surface area contributed by atoms with Crippen molar-refractivity contribution < 1.29 is 4.39 Å². The predicted molar refractivity (Wildman–Crippen MR) is 70.9 cm³/mol. The lowest BCUT2D eigenvalue weighted by Gasteiger charge is -2.09. The van der Waals surface area contributed by atoms with Gasteiger partial charge in [0.2, 0.25) is 0 Å². The maximum atomic E-state index is 13.0. The summed E-state index contributed by atoms with van der Waals surface area (Å²) in [7, 11) is 0. The average molecular weight is 281 g/mol. The van der Waals surface area contributed by atoms with Crippen molar-refractivity contribution in [3.8, 4) is 6.07 Å². The molecule has 0 aromatic heterocycles. The Hall–Kier alpha value is -1.76. The van der Waals surface area contributed by atoms with Gasteiger partial charge in [-0.15, -0.1) is 0 Å². The molecule has 18 heavy (non-hydrogen) atoms. The second-order valence-corrected chi connectivity index (χ2v) is 4.40. The maximum Gasteiger partial charge on any atom is 0.141 e. The molecule has 5 heteroatoms. The molecule has 0 saturated carbocycles. The molecule has 0 fully saturated rings. The highest BCUT2D eigenvalue weighted by molar-refractivity contribution is 6.31. The van der Waals surface area contributed by atoms with Gasteiger partial charge in [-0.2, -0.15) is 5.26 Å². The van der Waals surface area contributed by atoms with Crippen LogP contribution in [0.4, 0.5) is 15.8 Å². The van der Waals surface area contributed by atoms with E-state index in [0.717, 1.165) is 0 Å². The van der Waals surface area contributed by atoms with Crippen LogP contribution in [0, 0.1) is 17.1 Å². The van der Waals surface area contributed by atoms with Crippen LogP contribution in [-0.2, 0) is 0 Å². The number of hydrogen-bond donors (Lipinski definition) is 1. The first-order valence-corrected chi connectivity index (χ1v) is 5.77. The topological polar surface area (TPSA) is 35.8 Å². The third-order valence-corrected chi connectivity index (χ3v) is 2.83. The summed E-state index contributed by atoms with van der Waals surface area (Å²) in [5.41, 5.74) is 1.59. The zero-order chi connectivity index (χ0) is 13.1. The Labute approximate surface area is 114 Å². The highest BCUT2D eigenvalue weighted by Gasteiger charge is 2.05. The van der Waals surface area contributed by atoms with E-state index >= 15 is 0 Å². The van der Waals surface area contributed by atoms with Gasteiger partial charge in [0.05, 0.1) is 16.3 Å². The van der Waals surface area contributed by atoms with Crippen molar-refractivity contribution in [3.63, 3.8) is 0 Å². The predicted octanol–water partition coefficient (Wildman–Crippen LogP) is 4.75. The van der Waals surface area contributed by atoms with Crippen LogP contribution >= 0.6 is 23.2 Å². The Balaban J connectivity index is 2.34. The molecule has 2 nitrogen and oxygen atoms in total. The van der Waals surface area contributed by atoms with Gasteiger partial charge in [-0.25, -0.2) is 4.39 Å². The number of benzene rings is 2. The Bertz CT molecular complexity index is 635. The van der Waals surface area contributed by atoms with Crippen molar-refractivity contribution >= 4 is 34.6 Å². The second-order valence-electron chi connectivity index (χ2n) is 3.56. The van der Waals surface area contributed by atoms with Crippen molar-refractivity contribution in [2.24, 2.45) is 0 Å². The molecule has 2 aromatic carbocycles. The van der Waals surface area contributed by atoms with Crippen LogP contribution in [0.15, 0.2) is 36.4 Å². The zero-order valence-electron chi connectivity index (χ0n) is 9.05. The number of nitrogens with zero attached hydrogens (tertiary/aromatic N) is 1. The van der Waals surface area contributed by atoms with Crippen molar-refractivity contribution in [3.05, 3.63) is 57.8 Å². The zero-order valence-corrected chi connectivity index (χ0v) is 10.6. The van der Waals surface area contributed by atoms with E-state index in [-0.39, 0.29) is 5.02 Å². The van der Waals surface area contributed by atoms with Gasteiger partial charge in [-0.1, -0.05) is 23.2 Å². The molecular weight excluding hydrogens is 274 g/mol. The van der Waals surface area contributed by atoms with Crippen LogP contribution < -0.4 is 5.32 Å². The largest absolute Gasteiger partial charge is 0.354 e. The normalized spacial score (nSPS) is 9.89. The number of halogens is 3. The van der Waals surface area contributed by atoms with Gasteiger partial charge in [-0.3, -0.25) is 0 Å². The molecule has 0 aliphatic rings. The Morgan fingerprint density at radius 3 is 2.56 bits per heavy atom. The molecule has 2 rings (SSSR count). The van der Waals surface area contributed by atoms with Crippen LogP contribution in [0.2, 0.25) is 10.0 Å². The molecule has 0 unspecified atom stereocenters. The van der Waals surface area contributed by atoms with E-state index in [1.54, 1.807) is 18.2 Å². The van der Waals surface area contributed by atoms with Crippen molar-refractivity contribution in [1.82, 2.24) is 0 Å². The third-order valence-electron chi connectivity index (χ3n) is 2.30. The third kappa shape index (κ3) is 2.73. The minimum atomic E-state index is -0.487. The van der Waals surface area contributed by atoms with E-state index in [1.807, 2.05) is 6.07 Å². The molecule has 1 N–H and O–H groups in total. The summed E-state index contributed by atoms with van der Waals surface area (Å²) in [6.45, 7) is 0. The summed E-state index contributed by atoms with van der Waals surface area (Å²) in [6.07, 6.45) is 0. The molecule has 2 aromatic rings. The first-order valence-electron chi connectivity index (χ1n) is 5.02. The summed E-state index contributed by atoms with van der Waals surface area (Å²) in [5.74, 6) is -0.487. The molecule has 0 bridgehead atoms. The van der Waals surface area contributed by atoms with E-state index < -0.39 is 5.82 Å². The smallest absolute Gasteiger partial charge is 0.141 e. The number of rotatable bonds is 2. The van der Waals surface area contributed by atoms with Gasteiger partial charge in [-0.05, 0) is 36.4 Å². The summed E-state index contributed by atoms with van der Waals surface area (Å²) in [6, 6.07) is 11.2. The minimum absolute atomic E-state index is 0.0208. The van der Waals surface area contributed by atoms with E-state index in [9.17, 15) is 4.39 Å². The summed E-state index contributed by atoms with van der Waals surface area (Å²) >= 11 is 11.5. The van der Waals surface area contributed by atoms with Crippen LogP contribution in [-0.4, -0.2) is 0 Å². The SMILES string of the molecule is N#Cc1cc(Cl)ccc1Nc1ccc(F)c(Cl)c1. The number of hydrogen-bond acceptors (Lipinski definition) is 2. The van der Waals surface area contributed by atoms with Crippen LogP contribution in [0.5, 0.6) is 0 Å². The van der Waals surface area contributed by atoms with Crippen molar-refractivity contribution in [2.45, 2.75) is 0 Å². The molecule has 0 heterocycles. The van der Waals surface area contributed by atoms with Crippen LogP contribution in [0.1, 0.15) is 5.56 Å². The lowest BCUT2D eigenvalue weighted by molar-refractivity contribution is 0.628. The van der Waals surface area contributed by atoms with E-state index in [1.165, 1.54) is 18.2 Å². The Morgan fingerprint density at radius 2 is 1.89 bits per heavy atom. The van der Waals surface area contributed by atoms with Crippen molar-refractivity contribution in [1.29, 1.82) is 5.26 Å². The van der Waals surface area contributed by atoms with Gasteiger partial charge < -0.3 is 5.32 Å². The summed E-state index contributed by atoms with van der Waals surface area (Å²) < 4.78 is 13.0. The summed E-state index contributed by atoms with van der Waals surface area (Å²) in [5, 5.41) is 12.5. The first-order chi connectivity index (χ1) is 8.60. The molecular formula is C13H7Cl2FN2. The average Bonchev–Trinajstić information content (AvgIpc) is 2.36. The lowest BCUT2D eigenvalue weighted by atomic mass is 10.2. The molecule has 0 atom stereocenters. The van der Waals surface area contributed by atoms with E-state index in [2.05, 4.69) is 5.32 Å². The van der Waals surface area contributed by atoms with Crippen LogP contribution in [0.25, 0.3) is 0 Å². The van der Waals surface area contributed by atoms with Crippen molar-refractivity contribution in [2.75, 3.05) is 5.32 Å². The summed E-state index contributed by atoms with van der Waals surface area (Å²) in [4.78, 5) is 0. The van der Waals surface area contributed by atoms with Gasteiger partial charge >= 0.3 is 0 Å². The number of nitrogens with one attached hydrogen (secondary N) is 1. The lowest BCUT2D eigenvalue weighted by Crippen LogP contribution is -1.94. The fourth-order valence-corrected chi connectivity index (χ4v) is 1.80. The molecule has 90 valence electrons. The highest BCUT2D eigenvalue weighted by Crippen LogP contribution is 2.26. The molecule has 0 saturated heterocycles. The number of nitriles is 1. The second kappa shape index (κ2) is 5.26. The Kier molecular flexibility index (Phi) is 3.71. The van der Waals surface area contributed by atoms with Gasteiger partial charge in [0.15, 0.2) is 0 Å². The van der Waals surface area contributed by atoms with E-state index in [4.69, 9.17) is 28.5 Å². The molecule has 0 radical (unpaired) electrons. The Morgan fingerprint density at radius 1 is 1.11 bits per heavy atom. The van der Waals surface area contributed by atoms with Crippen LogP contribution in [0.3, 0.4) is 0 Å². The molecule has 0 amide bonds. The highest BCUT2D eigenvalue weighted by atomic mass is 35.5. The quantitative estimate of drug-likeness (QED) is 0.862. The standard InChI is InChI=1S/C13H7Cl2FN2/c14-9-1-4-13(8(5-9)7-17)18-10-2-3-12(16)11(15)6-10/h1-6,18H. The van der Waals surface area contributed by atoms with Gasteiger partial charge in [0, 0.05) is 10.7 Å². The molecule has 0 aliphatic carbocycles. The fourth-order valence-electron chi connectivity index (χ4n) is 1.45. The first kappa shape index (κ1) is 12.7. The van der Waals surface area contributed by atoms with Gasteiger partial charge in [0.25, 0.3) is 0 Å².